The van der Waals surface area contributed by atoms with Crippen molar-refractivity contribution in [1.82, 2.24) is 0 Å². The van der Waals surface area contributed by atoms with E-state index in [1.54, 1.807) is 0 Å². The van der Waals surface area contributed by atoms with Crippen LogP contribution in [0.25, 0.3) is 0 Å². The molecular formula is C10H20. The van der Waals surface area contributed by atoms with E-state index in [2.05, 4.69) is 20.8 Å². The van der Waals surface area contributed by atoms with Crippen LogP contribution in [0.5, 0.6) is 0 Å². The van der Waals surface area contributed by atoms with Gasteiger partial charge in [-0.25, -0.2) is 0 Å². The van der Waals surface area contributed by atoms with Crippen LogP contribution in [-0.4, -0.2) is 0 Å². The Kier molecular flexibility index (Phi) is 2.38. The predicted octanol–water partition coefficient (Wildman–Crippen LogP) is 3.61. The van der Waals surface area contributed by atoms with Gasteiger partial charge >= 0.3 is 0 Å². The smallest absolute Gasteiger partial charge is 0.0352 e. The van der Waals surface area contributed by atoms with Crippen LogP contribution in [0.1, 0.15) is 52.9 Å². The average molecular weight is 140 g/mol. The Morgan fingerprint density at radius 1 is 1.20 bits per heavy atom. The third-order valence-electron chi connectivity index (χ3n) is 2.70. The summed E-state index contributed by atoms with van der Waals surface area (Å²) in [5.74, 6) is 0.970. The first-order chi connectivity index (χ1) is 4.60. The standard InChI is InChI=1S/C10H20/c1-9-6-4-5-7-10(2,3)8-9/h9H,4-8H2,1-3H3/t9-/m1/s1. The minimum absolute atomic E-state index is 0.635. The first-order valence-corrected chi connectivity index (χ1v) is 4.60. The molecule has 0 saturated heterocycles. The third kappa shape index (κ3) is 2.32. The molecule has 1 saturated carbocycles. The third-order valence-corrected chi connectivity index (χ3v) is 2.70. The van der Waals surface area contributed by atoms with E-state index in [0.29, 0.717) is 5.41 Å². The Balaban J connectivity index is 2.46. The van der Waals surface area contributed by atoms with Gasteiger partial charge in [-0.1, -0.05) is 40.0 Å². The van der Waals surface area contributed by atoms with E-state index < -0.39 is 0 Å². The van der Waals surface area contributed by atoms with Crippen LogP contribution in [0.15, 0.2) is 0 Å². The van der Waals surface area contributed by atoms with Gasteiger partial charge in [0, 0.05) is 0 Å². The highest BCUT2D eigenvalue weighted by atomic mass is 14.3. The minimum Gasteiger partial charge on any atom is -0.0625 e. The van der Waals surface area contributed by atoms with Crippen molar-refractivity contribution in [3.8, 4) is 0 Å². The van der Waals surface area contributed by atoms with Crippen LogP contribution in [0.3, 0.4) is 0 Å². The lowest BCUT2D eigenvalue weighted by Crippen LogP contribution is -2.12. The fourth-order valence-corrected chi connectivity index (χ4v) is 2.24. The van der Waals surface area contributed by atoms with Gasteiger partial charge in [0.25, 0.3) is 0 Å². The molecule has 0 aromatic rings. The monoisotopic (exact) mass is 140 g/mol. The lowest BCUT2D eigenvalue weighted by atomic mass is 9.82. The molecule has 0 aromatic carbocycles. The fraction of sp³-hybridized carbons (Fsp3) is 1.00. The molecule has 10 heavy (non-hydrogen) atoms. The maximum atomic E-state index is 2.41. The second kappa shape index (κ2) is 2.94. The van der Waals surface area contributed by atoms with Crippen molar-refractivity contribution in [1.29, 1.82) is 0 Å². The summed E-state index contributed by atoms with van der Waals surface area (Å²) in [5.41, 5.74) is 0.635. The van der Waals surface area contributed by atoms with Gasteiger partial charge in [0.2, 0.25) is 0 Å². The van der Waals surface area contributed by atoms with Gasteiger partial charge in [0.15, 0.2) is 0 Å². The molecule has 0 N–H and O–H groups in total. The van der Waals surface area contributed by atoms with Crippen LogP contribution >= 0.6 is 0 Å². The molecule has 0 amide bonds. The molecule has 1 aliphatic rings. The number of hydrogen-bond acceptors (Lipinski definition) is 0. The lowest BCUT2D eigenvalue weighted by Gasteiger charge is -2.24. The van der Waals surface area contributed by atoms with E-state index in [4.69, 9.17) is 0 Å². The molecule has 0 aromatic heterocycles. The van der Waals surface area contributed by atoms with Crippen molar-refractivity contribution < 1.29 is 0 Å². The van der Waals surface area contributed by atoms with Gasteiger partial charge in [-0.05, 0) is 24.2 Å². The predicted molar refractivity (Wildman–Crippen MR) is 46.0 cm³/mol. The van der Waals surface area contributed by atoms with Gasteiger partial charge < -0.3 is 0 Å². The summed E-state index contributed by atoms with van der Waals surface area (Å²) in [7, 11) is 0. The Morgan fingerprint density at radius 2 is 1.90 bits per heavy atom. The van der Waals surface area contributed by atoms with Gasteiger partial charge in [0.05, 0.1) is 0 Å². The van der Waals surface area contributed by atoms with Crippen LogP contribution in [0, 0.1) is 11.3 Å². The normalized spacial score (nSPS) is 33.3. The van der Waals surface area contributed by atoms with E-state index in [1.807, 2.05) is 0 Å². The largest absolute Gasteiger partial charge is 0.0625 e. The number of rotatable bonds is 0. The van der Waals surface area contributed by atoms with Crippen molar-refractivity contribution in [2.24, 2.45) is 11.3 Å². The SMILES string of the molecule is C[C@@H]1CCCCC(C)(C)C1. The topological polar surface area (TPSA) is 0 Å². The summed E-state index contributed by atoms with van der Waals surface area (Å²) in [6, 6.07) is 0. The molecule has 0 nitrogen and oxygen atoms in total. The van der Waals surface area contributed by atoms with Gasteiger partial charge in [-0.15, -0.1) is 0 Å². The molecule has 0 aliphatic heterocycles. The zero-order valence-electron chi connectivity index (χ0n) is 7.61. The molecule has 0 spiro atoms. The summed E-state index contributed by atoms with van der Waals surface area (Å²) >= 11 is 0. The van der Waals surface area contributed by atoms with Crippen LogP contribution in [0.2, 0.25) is 0 Å². The Bertz CT molecular complexity index is 103. The van der Waals surface area contributed by atoms with Crippen molar-refractivity contribution >= 4 is 0 Å². The molecule has 1 fully saturated rings. The molecule has 0 radical (unpaired) electrons. The maximum Gasteiger partial charge on any atom is -0.0352 e. The zero-order valence-corrected chi connectivity index (χ0v) is 7.61. The molecule has 1 aliphatic carbocycles. The number of hydrogen-bond donors (Lipinski definition) is 0. The lowest BCUT2D eigenvalue weighted by molar-refractivity contribution is 0.277. The van der Waals surface area contributed by atoms with E-state index in [-0.39, 0.29) is 0 Å². The molecular weight excluding hydrogens is 120 g/mol. The molecule has 1 rings (SSSR count). The van der Waals surface area contributed by atoms with Gasteiger partial charge in [-0.2, -0.15) is 0 Å². The zero-order chi connectivity index (χ0) is 7.61. The molecule has 60 valence electrons. The highest BCUT2D eigenvalue weighted by Crippen LogP contribution is 2.36. The van der Waals surface area contributed by atoms with E-state index in [9.17, 15) is 0 Å². The van der Waals surface area contributed by atoms with E-state index in [1.165, 1.54) is 32.1 Å². The van der Waals surface area contributed by atoms with Crippen molar-refractivity contribution in [2.75, 3.05) is 0 Å². The summed E-state index contributed by atoms with van der Waals surface area (Å²) in [6.07, 6.45) is 7.26. The average Bonchev–Trinajstić information content (AvgIpc) is 1.90. The maximum absolute atomic E-state index is 2.41. The second-order valence-electron chi connectivity index (χ2n) is 4.72. The van der Waals surface area contributed by atoms with Crippen molar-refractivity contribution in [3.63, 3.8) is 0 Å². The van der Waals surface area contributed by atoms with Crippen LogP contribution < -0.4 is 0 Å². The quantitative estimate of drug-likeness (QED) is 0.451. The highest BCUT2D eigenvalue weighted by molar-refractivity contribution is 4.75. The van der Waals surface area contributed by atoms with Crippen LogP contribution in [0.4, 0.5) is 0 Å². The molecule has 1 atom stereocenters. The highest BCUT2D eigenvalue weighted by Gasteiger charge is 2.23. The molecule has 0 unspecified atom stereocenters. The minimum atomic E-state index is 0.635. The molecule has 0 heteroatoms. The van der Waals surface area contributed by atoms with Crippen molar-refractivity contribution in [3.05, 3.63) is 0 Å². The van der Waals surface area contributed by atoms with E-state index in [0.717, 1.165) is 5.92 Å². The van der Waals surface area contributed by atoms with E-state index >= 15 is 0 Å². The van der Waals surface area contributed by atoms with Gasteiger partial charge in [0.1, 0.15) is 0 Å². The Labute approximate surface area is 65.0 Å². The van der Waals surface area contributed by atoms with Crippen molar-refractivity contribution in [2.45, 2.75) is 52.9 Å². The second-order valence-corrected chi connectivity index (χ2v) is 4.72. The summed E-state index contributed by atoms with van der Waals surface area (Å²) in [4.78, 5) is 0. The summed E-state index contributed by atoms with van der Waals surface area (Å²) < 4.78 is 0. The first-order valence-electron chi connectivity index (χ1n) is 4.60. The molecule has 0 bridgehead atoms. The van der Waals surface area contributed by atoms with Gasteiger partial charge in [-0.3, -0.25) is 0 Å². The summed E-state index contributed by atoms with van der Waals surface area (Å²) in [5, 5.41) is 0. The Morgan fingerprint density at radius 3 is 2.60 bits per heavy atom. The van der Waals surface area contributed by atoms with Crippen LogP contribution in [-0.2, 0) is 0 Å². The summed E-state index contributed by atoms with van der Waals surface area (Å²) in [6.45, 7) is 7.22. The Hall–Kier alpha value is 0. The molecule has 0 heterocycles. The first kappa shape index (κ1) is 8.10. The fourth-order valence-electron chi connectivity index (χ4n) is 2.24.